The zero-order valence-electron chi connectivity index (χ0n) is 10.2. The van der Waals surface area contributed by atoms with Gasteiger partial charge in [0.15, 0.2) is 0 Å². The van der Waals surface area contributed by atoms with Gasteiger partial charge >= 0.3 is 5.97 Å². The van der Waals surface area contributed by atoms with Crippen LogP contribution in [0.3, 0.4) is 0 Å². The highest BCUT2D eigenvalue weighted by Gasteiger charge is 2.08. The van der Waals surface area contributed by atoms with E-state index < -0.39 is 5.97 Å². The first-order chi connectivity index (χ1) is 9.49. The minimum atomic E-state index is -0.948. The summed E-state index contributed by atoms with van der Waals surface area (Å²) in [5.41, 5.74) is 1.80. The van der Waals surface area contributed by atoms with Gasteiger partial charge in [0, 0.05) is 11.0 Å². The van der Waals surface area contributed by atoms with Crippen molar-refractivity contribution in [1.82, 2.24) is 0 Å². The number of carboxylic acid groups (broad SMARTS) is 1. The Balaban J connectivity index is 2.15. The van der Waals surface area contributed by atoms with Crippen LogP contribution >= 0.6 is 39.1 Å². The van der Waals surface area contributed by atoms with Crippen molar-refractivity contribution in [3.63, 3.8) is 0 Å². The van der Waals surface area contributed by atoms with Gasteiger partial charge in [-0.1, -0.05) is 35.3 Å². The highest BCUT2D eigenvalue weighted by Crippen LogP contribution is 2.35. The lowest BCUT2D eigenvalue weighted by Gasteiger charge is -2.10. The number of halogens is 3. The Labute approximate surface area is 134 Å². The summed E-state index contributed by atoms with van der Waals surface area (Å²) in [6.45, 7) is 0.457. The van der Waals surface area contributed by atoms with E-state index in [0.29, 0.717) is 22.3 Å². The molecule has 2 rings (SSSR count). The Hall–Kier alpha value is -1.23. The van der Waals surface area contributed by atoms with E-state index in [-0.39, 0.29) is 5.56 Å². The number of carboxylic acids is 1. The van der Waals surface area contributed by atoms with Crippen LogP contribution in [0.5, 0.6) is 0 Å². The Kier molecular flexibility index (Phi) is 4.91. The second-order valence-corrected chi connectivity index (χ2v) is 5.69. The summed E-state index contributed by atoms with van der Waals surface area (Å²) in [6.07, 6.45) is 0. The fraction of sp³-hybridized carbons (Fsp3) is 0.0714. The molecule has 2 aromatic carbocycles. The maximum Gasteiger partial charge on any atom is 0.335 e. The van der Waals surface area contributed by atoms with Crippen LogP contribution < -0.4 is 5.32 Å². The largest absolute Gasteiger partial charge is 0.478 e. The van der Waals surface area contributed by atoms with E-state index in [0.717, 1.165) is 10.0 Å². The van der Waals surface area contributed by atoms with E-state index in [1.165, 1.54) is 0 Å². The van der Waals surface area contributed by atoms with Gasteiger partial charge in [0.2, 0.25) is 0 Å². The average molecular weight is 375 g/mol. The predicted molar refractivity (Wildman–Crippen MR) is 84.9 cm³/mol. The third-order valence-electron chi connectivity index (χ3n) is 2.69. The third kappa shape index (κ3) is 3.45. The van der Waals surface area contributed by atoms with Crippen molar-refractivity contribution >= 4 is 50.8 Å². The van der Waals surface area contributed by atoms with Crippen molar-refractivity contribution in [3.8, 4) is 0 Å². The number of hydrogen-bond donors (Lipinski definition) is 2. The van der Waals surface area contributed by atoms with Gasteiger partial charge in [-0.05, 0) is 45.8 Å². The van der Waals surface area contributed by atoms with E-state index >= 15 is 0 Å². The van der Waals surface area contributed by atoms with E-state index in [2.05, 4.69) is 21.2 Å². The van der Waals surface area contributed by atoms with Gasteiger partial charge in [-0.2, -0.15) is 0 Å². The lowest BCUT2D eigenvalue weighted by Crippen LogP contribution is -2.02. The highest BCUT2D eigenvalue weighted by atomic mass is 79.9. The molecule has 0 aromatic heterocycles. The van der Waals surface area contributed by atoms with Crippen molar-refractivity contribution in [2.24, 2.45) is 0 Å². The number of aromatic carboxylic acids is 1. The van der Waals surface area contributed by atoms with Crippen LogP contribution in [0.4, 0.5) is 5.69 Å². The zero-order valence-corrected chi connectivity index (χ0v) is 13.3. The van der Waals surface area contributed by atoms with Crippen molar-refractivity contribution in [2.45, 2.75) is 6.54 Å². The molecule has 104 valence electrons. The summed E-state index contributed by atoms with van der Waals surface area (Å²) in [7, 11) is 0. The molecule has 0 bridgehead atoms. The van der Waals surface area contributed by atoms with Crippen molar-refractivity contribution < 1.29 is 9.90 Å². The third-order valence-corrected chi connectivity index (χ3v) is 4.46. The van der Waals surface area contributed by atoms with Crippen molar-refractivity contribution in [2.75, 3.05) is 5.32 Å². The summed E-state index contributed by atoms with van der Waals surface area (Å²) < 4.78 is 0.725. The Morgan fingerprint density at radius 1 is 1.20 bits per heavy atom. The van der Waals surface area contributed by atoms with Crippen LogP contribution in [-0.4, -0.2) is 11.1 Å². The maximum absolute atomic E-state index is 10.9. The second-order valence-electron chi connectivity index (χ2n) is 4.08. The standard InChI is InChI=1S/C14H10BrCl2NO2/c15-10-4-5-11(13(17)12(10)16)18-7-8-2-1-3-9(6-8)14(19)20/h1-6,18H,7H2,(H,19,20). The molecule has 2 N–H and O–H groups in total. The molecule has 0 unspecified atom stereocenters. The molecule has 0 fully saturated rings. The second kappa shape index (κ2) is 6.48. The molecule has 0 radical (unpaired) electrons. The number of nitrogens with one attached hydrogen (secondary N) is 1. The molecule has 0 aliphatic carbocycles. The molecular formula is C14H10BrCl2NO2. The van der Waals surface area contributed by atoms with E-state index in [1.54, 1.807) is 30.3 Å². The molecule has 2 aromatic rings. The SMILES string of the molecule is O=C(O)c1cccc(CNc2ccc(Br)c(Cl)c2Cl)c1. The van der Waals surface area contributed by atoms with Crippen molar-refractivity contribution in [3.05, 3.63) is 62.0 Å². The molecule has 0 spiro atoms. The average Bonchev–Trinajstić information content (AvgIpc) is 2.44. The van der Waals surface area contributed by atoms with Gasteiger partial charge in [0.05, 0.1) is 21.3 Å². The first kappa shape index (κ1) is 15.2. The van der Waals surface area contributed by atoms with Gasteiger partial charge in [-0.15, -0.1) is 0 Å². The molecule has 0 atom stereocenters. The van der Waals surface area contributed by atoms with Crippen molar-refractivity contribution in [1.29, 1.82) is 0 Å². The van der Waals surface area contributed by atoms with Crippen LogP contribution in [0, 0.1) is 0 Å². The van der Waals surface area contributed by atoms with Crippen LogP contribution in [0.25, 0.3) is 0 Å². The number of anilines is 1. The minimum Gasteiger partial charge on any atom is -0.478 e. The monoisotopic (exact) mass is 373 g/mol. The smallest absolute Gasteiger partial charge is 0.335 e. The number of benzene rings is 2. The normalized spacial score (nSPS) is 10.3. The van der Waals surface area contributed by atoms with E-state index in [1.807, 2.05) is 6.07 Å². The Morgan fingerprint density at radius 3 is 2.65 bits per heavy atom. The molecule has 6 heteroatoms. The van der Waals surface area contributed by atoms with E-state index in [9.17, 15) is 4.79 Å². The molecule has 0 saturated carbocycles. The Bertz CT molecular complexity index is 662. The van der Waals surface area contributed by atoms with Gasteiger partial charge in [0.25, 0.3) is 0 Å². The van der Waals surface area contributed by atoms with Gasteiger partial charge in [0.1, 0.15) is 0 Å². The predicted octanol–water partition coefficient (Wildman–Crippen LogP) is 5.07. The topological polar surface area (TPSA) is 49.3 Å². The minimum absolute atomic E-state index is 0.254. The molecular weight excluding hydrogens is 365 g/mol. The highest BCUT2D eigenvalue weighted by molar-refractivity contribution is 9.10. The van der Waals surface area contributed by atoms with Crippen LogP contribution in [0.15, 0.2) is 40.9 Å². The van der Waals surface area contributed by atoms with Gasteiger partial charge < -0.3 is 10.4 Å². The van der Waals surface area contributed by atoms with Gasteiger partial charge in [-0.25, -0.2) is 4.79 Å². The van der Waals surface area contributed by atoms with Crippen LogP contribution in [0.1, 0.15) is 15.9 Å². The molecule has 0 saturated heterocycles. The lowest BCUT2D eigenvalue weighted by atomic mass is 10.1. The molecule has 0 heterocycles. The van der Waals surface area contributed by atoms with Crippen LogP contribution in [-0.2, 0) is 6.54 Å². The summed E-state index contributed by atoms with van der Waals surface area (Å²) >= 11 is 15.5. The molecule has 3 nitrogen and oxygen atoms in total. The quantitative estimate of drug-likeness (QED) is 0.734. The number of carbonyl (C=O) groups is 1. The number of rotatable bonds is 4. The molecule has 0 amide bonds. The fourth-order valence-corrected chi connectivity index (χ4v) is 2.51. The van der Waals surface area contributed by atoms with Crippen LogP contribution in [0.2, 0.25) is 10.0 Å². The first-order valence-corrected chi connectivity index (χ1v) is 7.23. The zero-order chi connectivity index (χ0) is 14.7. The summed E-state index contributed by atoms with van der Waals surface area (Å²) in [5, 5.41) is 12.9. The summed E-state index contributed by atoms with van der Waals surface area (Å²) in [6, 6.07) is 10.3. The lowest BCUT2D eigenvalue weighted by molar-refractivity contribution is 0.0697. The Morgan fingerprint density at radius 2 is 1.95 bits per heavy atom. The van der Waals surface area contributed by atoms with Gasteiger partial charge in [-0.3, -0.25) is 0 Å². The van der Waals surface area contributed by atoms with E-state index in [4.69, 9.17) is 28.3 Å². The summed E-state index contributed by atoms with van der Waals surface area (Å²) in [4.78, 5) is 10.9. The summed E-state index contributed by atoms with van der Waals surface area (Å²) in [5.74, 6) is -0.948. The fourth-order valence-electron chi connectivity index (χ4n) is 1.67. The molecule has 0 aliphatic heterocycles. The molecule has 20 heavy (non-hydrogen) atoms. The number of hydrogen-bond acceptors (Lipinski definition) is 2. The maximum atomic E-state index is 10.9. The molecule has 0 aliphatic rings. The first-order valence-electron chi connectivity index (χ1n) is 5.68.